The topological polar surface area (TPSA) is 82.1 Å². The van der Waals surface area contributed by atoms with Crippen LogP contribution in [0.25, 0.3) is 6.08 Å². The van der Waals surface area contributed by atoms with Gasteiger partial charge in [-0.25, -0.2) is 4.79 Å². The minimum atomic E-state index is -1.09. The van der Waals surface area contributed by atoms with E-state index in [0.29, 0.717) is 23.7 Å². The van der Waals surface area contributed by atoms with Gasteiger partial charge >= 0.3 is 11.9 Å². The second-order valence-corrected chi connectivity index (χ2v) is 4.01. The van der Waals surface area contributed by atoms with Gasteiger partial charge in [-0.1, -0.05) is 12.2 Å². The van der Waals surface area contributed by atoms with Gasteiger partial charge in [0.1, 0.15) is 0 Å². The number of aromatic carboxylic acids is 1. The van der Waals surface area contributed by atoms with Crippen LogP contribution in [0.15, 0.2) is 18.2 Å². The van der Waals surface area contributed by atoms with Crippen LogP contribution in [0.1, 0.15) is 29.3 Å². The Labute approximate surface area is 122 Å². The molecule has 0 aliphatic carbocycles. The van der Waals surface area contributed by atoms with Crippen LogP contribution in [0.4, 0.5) is 0 Å². The Balaban J connectivity index is 3.06. The van der Waals surface area contributed by atoms with E-state index in [-0.39, 0.29) is 18.0 Å². The van der Waals surface area contributed by atoms with Crippen LogP contribution in [0.2, 0.25) is 0 Å². The third-order valence-corrected chi connectivity index (χ3v) is 2.67. The Morgan fingerprint density at radius 2 is 1.81 bits per heavy atom. The average molecular weight is 294 g/mol. The van der Waals surface area contributed by atoms with Crippen molar-refractivity contribution < 1.29 is 28.9 Å². The summed E-state index contributed by atoms with van der Waals surface area (Å²) in [4.78, 5) is 22.5. The standard InChI is InChI=1S/C15H18O6/c1-4-21-14(16)7-5-6-10-8-12(19-2)13(20-3)9-11(10)15(17)18/h5-6,8-9H,4,7H2,1-3H3,(H,17,18). The number of hydrogen-bond donors (Lipinski definition) is 1. The molecule has 0 bridgehead atoms. The Morgan fingerprint density at radius 3 is 2.33 bits per heavy atom. The van der Waals surface area contributed by atoms with Gasteiger partial charge < -0.3 is 19.3 Å². The van der Waals surface area contributed by atoms with Gasteiger partial charge in [0.2, 0.25) is 0 Å². The molecule has 0 spiro atoms. The Morgan fingerprint density at radius 1 is 1.19 bits per heavy atom. The number of benzene rings is 1. The first-order valence-corrected chi connectivity index (χ1v) is 6.35. The fourth-order valence-corrected chi connectivity index (χ4v) is 1.72. The lowest BCUT2D eigenvalue weighted by molar-refractivity contribution is -0.142. The Hall–Kier alpha value is -2.50. The minimum Gasteiger partial charge on any atom is -0.493 e. The number of esters is 1. The fraction of sp³-hybridized carbons (Fsp3) is 0.333. The van der Waals surface area contributed by atoms with Crippen LogP contribution in [-0.2, 0) is 9.53 Å². The van der Waals surface area contributed by atoms with Gasteiger partial charge in [-0.15, -0.1) is 0 Å². The van der Waals surface area contributed by atoms with E-state index in [2.05, 4.69) is 0 Å². The summed E-state index contributed by atoms with van der Waals surface area (Å²) in [6, 6.07) is 2.93. The number of carbonyl (C=O) groups is 2. The van der Waals surface area contributed by atoms with E-state index in [0.717, 1.165) is 0 Å². The summed E-state index contributed by atoms with van der Waals surface area (Å²) in [6.07, 6.45) is 3.16. The lowest BCUT2D eigenvalue weighted by Crippen LogP contribution is -2.03. The zero-order valence-corrected chi connectivity index (χ0v) is 12.2. The van der Waals surface area contributed by atoms with E-state index >= 15 is 0 Å². The first kappa shape index (κ1) is 16.6. The summed E-state index contributed by atoms with van der Waals surface area (Å²) < 4.78 is 15.0. The van der Waals surface area contributed by atoms with Crippen LogP contribution in [0, 0.1) is 0 Å². The predicted molar refractivity (Wildman–Crippen MR) is 76.8 cm³/mol. The highest BCUT2D eigenvalue weighted by Crippen LogP contribution is 2.31. The van der Waals surface area contributed by atoms with Gasteiger partial charge in [0.25, 0.3) is 0 Å². The fourth-order valence-electron chi connectivity index (χ4n) is 1.72. The molecule has 1 aromatic rings. The predicted octanol–water partition coefficient (Wildman–Crippen LogP) is 2.37. The molecule has 114 valence electrons. The first-order chi connectivity index (χ1) is 10.0. The second-order valence-electron chi connectivity index (χ2n) is 4.01. The number of carbonyl (C=O) groups excluding carboxylic acids is 1. The summed E-state index contributed by atoms with van der Waals surface area (Å²) in [5, 5.41) is 9.22. The molecular weight excluding hydrogens is 276 g/mol. The molecule has 1 rings (SSSR count). The monoisotopic (exact) mass is 294 g/mol. The maximum Gasteiger partial charge on any atom is 0.336 e. The molecule has 0 heterocycles. The van der Waals surface area contributed by atoms with Crippen LogP contribution in [0.5, 0.6) is 11.5 Å². The van der Waals surface area contributed by atoms with Gasteiger partial charge in [-0.3, -0.25) is 4.79 Å². The van der Waals surface area contributed by atoms with Crippen molar-refractivity contribution in [2.75, 3.05) is 20.8 Å². The smallest absolute Gasteiger partial charge is 0.336 e. The molecule has 0 aliphatic rings. The summed E-state index contributed by atoms with van der Waals surface area (Å²) >= 11 is 0. The molecule has 21 heavy (non-hydrogen) atoms. The van der Waals surface area contributed by atoms with Crippen molar-refractivity contribution in [1.82, 2.24) is 0 Å². The summed E-state index contributed by atoms with van der Waals surface area (Å²) in [5.41, 5.74) is 0.484. The SMILES string of the molecule is CCOC(=O)CC=Cc1cc(OC)c(OC)cc1C(=O)O. The van der Waals surface area contributed by atoms with Gasteiger partial charge in [0.15, 0.2) is 11.5 Å². The molecule has 0 saturated heterocycles. The number of rotatable bonds is 7. The summed E-state index contributed by atoms with van der Waals surface area (Å²) in [5.74, 6) is -0.714. The molecule has 0 aliphatic heterocycles. The van der Waals surface area contributed by atoms with Gasteiger partial charge in [0, 0.05) is 0 Å². The van der Waals surface area contributed by atoms with Crippen molar-refractivity contribution >= 4 is 18.0 Å². The van der Waals surface area contributed by atoms with Crippen molar-refractivity contribution in [3.8, 4) is 11.5 Å². The molecule has 1 aromatic carbocycles. The minimum absolute atomic E-state index is 0.0627. The number of carboxylic acid groups (broad SMARTS) is 1. The van der Waals surface area contributed by atoms with Crippen LogP contribution in [-0.4, -0.2) is 37.9 Å². The van der Waals surface area contributed by atoms with Crippen molar-refractivity contribution in [2.45, 2.75) is 13.3 Å². The molecule has 0 aromatic heterocycles. The zero-order valence-electron chi connectivity index (χ0n) is 12.2. The van der Waals surface area contributed by atoms with Gasteiger partial charge in [-0.2, -0.15) is 0 Å². The molecule has 0 atom stereocenters. The Kier molecular flexibility index (Phi) is 6.26. The zero-order chi connectivity index (χ0) is 15.8. The Bertz CT molecular complexity index is 547. The van der Waals surface area contributed by atoms with Crippen LogP contribution in [0.3, 0.4) is 0 Å². The molecule has 0 fully saturated rings. The maximum absolute atomic E-state index is 11.3. The van der Waals surface area contributed by atoms with Gasteiger partial charge in [-0.05, 0) is 24.6 Å². The van der Waals surface area contributed by atoms with Crippen molar-refractivity contribution in [1.29, 1.82) is 0 Å². The van der Waals surface area contributed by atoms with Crippen molar-refractivity contribution in [2.24, 2.45) is 0 Å². The molecule has 0 saturated carbocycles. The lowest BCUT2D eigenvalue weighted by atomic mass is 10.1. The molecule has 0 amide bonds. The van der Waals surface area contributed by atoms with E-state index in [1.807, 2.05) is 0 Å². The maximum atomic E-state index is 11.3. The molecular formula is C15H18O6. The summed E-state index contributed by atoms with van der Waals surface area (Å²) in [7, 11) is 2.89. The van der Waals surface area contributed by atoms with E-state index < -0.39 is 5.97 Å². The molecule has 6 heteroatoms. The van der Waals surface area contributed by atoms with Gasteiger partial charge in [0.05, 0.1) is 32.8 Å². The largest absolute Gasteiger partial charge is 0.493 e. The molecule has 0 radical (unpaired) electrons. The lowest BCUT2D eigenvalue weighted by Gasteiger charge is -2.10. The summed E-state index contributed by atoms with van der Waals surface area (Å²) in [6.45, 7) is 2.03. The highest BCUT2D eigenvalue weighted by molar-refractivity contribution is 5.93. The number of carboxylic acids is 1. The first-order valence-electron chi connectivity index (χ1n) is 6.35. The van der Waals surface area contributed by atoms with Crippen LogP contribution >= 0.6 is 0 Å². The highest BCUT2D eigenvalue weighted by Gasteiger charge is 2.14. The second kappa shape index (κ2) is 7.94. The number of methoxy groups -OCH3 is 2. The van der Waals surface area contributed by atoms with E-state index in [1.165, 1.54) is 20.3 Å². The normalized spacial score (nSPS) is 10.4. The van der Waals surface area contributed by atoms with Crippen LogP contribution < -0.4 is 9.47 Å². The quantitative estimate of drug-likeness (QED) is 0.777. The number of ether oxygens (including phenoxy) is 3. The van der Waals surface area contributed by atoms with E-state index in [1.54, 1.807) is 25.1 Å². The third-order valence-electron chi connectivity index (χ3n) is 2.67. The highest BCUT2D eigenvalue weighted by atomic mass is 16.5. The third kappa shape index (κ3) is 4.52. The molecule has 6 nitrogen and oxygen atoms in total. The van der Waals surface area contributed by atoms with E-state index in [4.69, 9.17) is 14.2 Å². The average Bonchev–Trinajstić information content (AvgIpc) is 2.46. The molecule has 0 unspecified atom stereocenters. The van der Waals surface area contributed by atoms with E-state index in [9.17, 15) is 14.7 Å². The molecule has 1 N–H and O–H groups in total. The number of hydrogen-bond acceptors (Lipinski definition) is 5. The van der Waals surface area contributed by atoms with Crippen molar-refractivity contribution in [3.63, 3.8) is 0 Å². The van der Waals surface area contributed by atoms with Crippen molar-refractivity contribution in [3.05, 3.63) is 29.3 Å².